The molecule has 3 rings (SSSR count). The summed E-state index contributed by atoms with van der Waals surface area (Å²) in [6.45, 7) is 3.95. The van der Waals surface area contributed by atoms with Crippen molar-refractivity contribution in [3.8, 4) is 0 Å². The lowest BCUT2D eigenvalue weighted by atomic mass is 10.1. The molecule has 98 valence electrons. The molecule has 0 aliphatic heterocycles. The van der Waals surface area contributed by atoms with Gasteiger partial charge in [0.1, 0.15) is 0 Å². The van der Waals surface area contributed by atoms with Crippen molar-refractivity contribution in [2.24, 2.45) is 0 Å². The molecule has 1 atom stereocenters. The van der Waals surface area contributed by atoms with E-state index < -0.39 is 0 Å². The molecular weight excluding hydrogens is 259 g/mol. The van der Waals surface area contributed by atoms with Crippen molar-refractivity contribution in [2.45, 2.75) is 0 Å². The predicted octanol–water partition coefficient (Wildman–Crippen LogP) is 4.46. The molecule has 3 aromatic carbocycles. The third-order valence-electron chi connectivity index (χ3n) is 3.44. The van der Waals surface area contributed by atoms with Gasteiger partial charge in [0.2, 0.25) is 0 Å². The first-order chi connectivity index (χ1) is 9.90. The van der Waals surface area contributed by atoms with E-state index in [0.717, 1.165) is 6.16 Å². The van der Waals surface area contributed by atoms with E-state index >= 15 is 0 Å². The second-order valence-electron chi connectivity index (χ2n) is 4.73. The molecule has 1 heteroatoms. The minimum absolute atomic E-state index is 0.369. The summed E-state index contributed by atoms with van der Waals surface area (Å²) >= 11 is 0. The number of benzene rings is 3. The predicted molar refractivity (Wildman–Crippen MR) is 91.6 cm³/mol. The molecule has 3 aromatic rings. The maximum Gasteiger partial charge on any atom is -0.00667 e. The molecule has 0 aromatic heterocycles. The molecule has 0 saturated heterocycles. The molecule has 0 nitrogen and oxygen atoms in total. The van der Waals surface area contributed by atoms with E-state index in [1.807, 2.05) is 6.08 Å². The van der Waals surface area contributed by atoms with Crippen molar-refractivity contribution in [1.29, 1.82) is 0 Å². The van der Waals surface area contributed by atoms with Crippen LogP contribution in [0, 0.1) is 0 Å². The maximum atomic E-state index is 3.95. The highest BCUT2D eigenvalue weighted by atomic mass is 31.1. The highest BCUT2D eigenvalue weighted by molar-refractivity contribution is 7.73. The van der Waals surface area contributed by atoms with Crippen LogP contribution in [0.4, 0.5) is 0 Å². The summed E-state index contributed by atoms with van der Waals surface area (Å²) in [5.41, 5.74) is 0. The molecule has 0 radical (unpaired) electrons. The summed E-state index contributed by atoms with van der Waals surface area (Å²) in [5, 5.41) is 5.55. The van der Waals surface area contributed by atoms with Gasteiger partial charge in [-0.1, -0.05) is 78.9 Å². The molecule has 0 aliphatic rings. The van der Waals surface area contributed by atoms with Crippen molar-refractivity contribution in [1.82, 2.24) is 0 Å². The van der Waals surface area contributed by atoms with Crippen LogP contribution in [-0.4, -0.2) is 6.16 Å². The first kappa shape index (κ1) is 13.1. The average Bonchev–Trinajstić information content (AvgIpc) is 2.53. The van der Waals surface area contributed by atoms with Gasteiger partial charge in [-0.25, -0.2) is 0 Å². The van der Waals surface area contributed by atoms with E-state index in [0.29, 0.717) is 0 Å². The van der Waals surface area contributed by atoms with Crippen molar-refractivity contribution in [3.63, 3.8) is 0 Å². The fraction of sp³-hybridized carbons (Fsp3) is 0.0526. The van der Waals surface area contributed by atoms with E-state index in [2.05, 4.69) is 79.4 Å². The summed E-state index contributed by atoms with van der Waals surface area (Å²) in [7, 11) is -0.369. The van der Waals surface area contributed by atoms with Gasteiger partial charge in [-0.05, 0) is 35.5 Å². The van der Waals surface area contributed by atoms with Gasteiger partial charge in [0.25, 0.3) is 0 Å². The largest absolute Gasteiger partial charge is 0.103 e. The van der Waals surface area contributed by atoms with E-state index in [-0.39, 0.29) is 7.92 Å². The van der Waals surface area contributed by atoms with Crippen LogP contribution in [0.15, 0.2) is 85.5 Å². The molecule has 0 bridgehead atoms. The number of hydrogen-bond acceptors (Lipinski definition) is 0. The summed E-state index contributed by atoms with van der Waals surface area (Å²) in [6, 6.07) is 26.1. The van der Waals surface area contributed by atoms with E-state index in [1.165, 1.54) is 21.4 Å². The van der Waals surface area contributed by atoms with Crippen LogP contribution >= 0.6 is 7.92 Å². The first-order valence-electron chi connectivity index (χ1n) is 6.81. The monoisotopic (exact) mass is 276 g/mol. The fourth-order valence-electron chi connectivity index (χ4n) is 2.52. The lowest BCUT2D eigenvalue weighted by Crippen LogP contribution is -2.14. The topological polar surface area (TPSA) is 0 Å². The van der Waals surface area contributed by atoms with Gasteiger partial charge in [-0.15, -0.1) is 6.58 Å². The Labute approximate surface area is 121 Å². The highest BCUT2D eigenvalue weighted by Gasteiger charge is 2.14. The lowest BCUT2D eigenvalue weighted by Gasteiger charge is -2.19. The molecule has 0 fully saturated rings. The number of rotatable bonds is 4. The first-order valence-corrected chi connectivity index (χ1v) is 8.34. The Morgan fingerprint density at radius 2 is 1.50 bits per heavy atom. The number of allylic oxidation sites excluding steroid dienone is 1. The Morgan fingerprint density at radius 3 is 2.30 bits per heavy atom. The Bertz CT molecular complexity index is 711. The molecule has 20 heavy (non-hydrogen) atoms. The van der Waals surface area contributed by atoms with Crippen LogP contribution in [0.3, 0.4) is 0 Å². The Balaban J connectivity index is 2.17. The summed E-state index contributed by atoms with van der Waals surface area (Å²) < 4.78 is 0. The Hall–Kier alpha value is -1.91. The van der Waals surface area contributed by atoms with Crippen molar-refractivity contribution in [3.05, 3.63) is 85.5 Å². The molecule has 0 spiro atoms. The maximum absolute atomic E-state index is 3.95. The minimum atomic E-state index is -0.369. The van der Waals surface area contributed by atoms with Crippen molar-refractivity contribution < 1.29 is 0 Å². The van der Waals surface area contributed by atoms with Gasteiger partial charge < -0.3 is 0 Å². The number of fused-ring (bicyclic) bond motifs is 1. The van der Waals surface area contributed by atoms with Crippen LogP contribution in [0.5, 0.6) is 0 Å². The standard InChI is InChI=1S/C19H17P/c1-2-15-20(17-11-4-3-5-12-17)19-14-8-10-16-9-6-7-13-18(16)19/h2-14H,1,15H2. The molecule has 0 saturated carbocycles. The Kier molecular flexibility index (Phi) is 3.95. The van der Waals surface area contributed by atoms with Crippen molar-refractivity contribution >= 4 is 29.3 Å². The average molecular weight is 276 g/mol. The fourth-order valence-corrected chi connectivity index (χ4v) is 4.76. The third kappa shape index (κ3) is 2.53. The van der Waals surface area contributed by atoms with Crippen LogP contribution in [-0.2, 0) is 0 Å². The SMILES string of the molecule is C=CCP(c1ccccc1)c1cccc2ccccc12. The van der Waals surface area contributed by atoms with Gasteiger partial charge in [-0.2, -0.15) is 0 Å². The molecule has 1 unspecified atom stereocenters. The molecular formula is C19H17P. The third-order valence-corrected chi connectivity index (χ3v) is 5.95. The van der Waals surface area contributed by atoms with Gasteiger partial charge in [0.15, 0.2) is 0 Å². The van der Waals surface area contributed by atoms with Crippen molar-refractivity contribution in [2.75, 3.05) is 6.16 Å². The normalized spacial score (nSPS) is 12.2. The van der Waals surface area contributed by atoms with Crippen LogP contribution < -0.4 is 10.6 Å². The van der Waals surface area contributed by atoms with Gasteiger partial charge in [-0.3, -0.25) is 0 Å². The smallest absolute Gasteiger partial charge is 0.00667 e. The van der Waals surface area contributed by atoms with E-state index in [9.17, 15) is 0 Å². The van der Waals surface area contributed by atoms with Crippen LogP contribution in [0.1, 0.15) is 0 Å². The zero-order chi connectivity index (χ0) is 13.8. The van der Waals surface area contributed by atoms with Gasteiger partial charge >= 0.3 is 0 Å². The molecule has 0 aliphatic carbocycles. The molecule has 0 N–H and O–H groups in total. The van der Waals surface area contributed by atoms with E-state index in [1.54, 1.807) is 0 Å². The summed E-state index contributed by atoms with van der Waals surface area (Å²) in [6.07, 6.45) is 3.06. The number of hydrogen-bond donors (Lipinski definition) is 0. The van der Waals surface area contributed by atoms with Gasteiger partial charge in [0.05, 0.1) is 0 Å². The van der Waals surface area contributed by atoms with Gasteiger partial charge in [0, 0.05) is 0 Å². The molecule has 0 amide bonds. The zero-order valence-electron chi connectivity index (χ0n) is 11.4. The summed E-state index contributed by atoms with van der Waals surface area (Å²) in [4.78, 5) is 0. The highest BCUT2D eigenvalue weighted by Crippen LogP contribution is 2.36. The quantitative estimate of drug-likeness (QED) is 0.487. The molecule has 0 heterocycles. The Morgan fingerprint density at radius 1 is 0.800 bits per heavy atom. The second-order valence-corrected chi connectivity index (χ2v) is 6.95. The van der Waals surface area contributed by atoms with E-state index in [4.69, 9.17) is 0 Å². The summed E-state index contributed by atoms with van der Waals surface area (Å²) in [5.74, 6) is 0. The second kappa shape index (κ2) is 6.03. The minimum Gasteiger partial charge on any atom is -0.103 e. The van der Waals surface area contributed by atoms with Crippen LogP contribution in [0.25, 0.3) is 10.8 Å². The zero-order valence-corrected chi connectivity index (χ0v) is 12.3. The van der Waals surface area contributed by atoms with Crippen LogP contribution in [0.2, 0.25) is 0 Å². The lowest BCUT2D eigenvalue weighted by molar-refractivity contribution is 1.72.